The molecular formula is C42H50F2N6O7. The second kappa shape index (κ2) is 20.3. The minimum absolute atomic E-state index is 0.0571. The molecule has 0 aliphatic heterocycles. The predicted molar refractivity (Wildman–Crippen MR) is 211 cm³/mol. The van der Waals surface area contributed by atoms with E-state index in [1.165, 1.54) is 24.5 Å². The number of carbonyl (C=O) groups excluding carboxylic acids is 4. The fraction of sp³-hybridized carbons (Fsp3) is 0.381. The minimum atomic E-state index is -4.13. The second-order valence-electron chi connectivity index (χ2n) is 14.1. The zero-order chi connectivity index (χ0) is 41.7. The molecule has 0 aliphatic rings. The summed E-state index contributed by atoms with van der Waals surface area (Å²) in [6.07, 6.45) is -2.32. The molecule has 4 aromatic rings. The third kappa shape index (κ3) is 11.1. The normalized spacial score (nSPS) is 14.1. The molecule has 3 unspecified atom stereocenters. The van der Waals surface area contributed by atoms with Gasteiger partial charge in [-0.2, -0.15) is 0 Å². The van der Waals surface area contributed by atoms with Crippen molar-refractivity contribution < 1.29 is 42.5 Å². The summed E-state index contributed by atoms with van der Waals surface area (Å²) in [7, 11) is 2.27. The molecule has 13 nitrogen and oxygen atoms in total. The maximum Gasteiger partial charge on any atom is 0.415 e. The van der Waals surface area contributed by atoms with Crippen LogP contribution in [-0.2, 0) is 31.9 Å². The van der Waals surface area contributed by atoms with Crippen LogP contribution in [0.2, 0.25) is 0 Å². The molecule has 15 heteroatoms. The Labute approximate surface area is 331 Å². The highest BCUT2D eigenvalue weighted by molar-refractivity contribution is 5.98. The van der Waals surface area contributed by atoms with Gasteiger partial charge in [0, 0.05) is 12.4 Å². The van der Waals surface area contributed by atoms with Crippen molar-refractivity contribution in [3.63, 3.8) is 0 Å². The molecule has 2 heterocycles. The number of anilines is 2. The molecule has 3 N–H and O–H groups in total. The fourth-order valence-corrected chi connectivity index (χ4v) is 6.57. The molecule has 57 heavy (non-hydrogen) atoms. The quantitative estimate of drug-likeness (QED) is 0.120. The summed E-state index contributed by atoms with van der Waals surface area (Å²) in [6, 6.07) is 19.7. The van der Waals surface area contributed by atoms with Gasteiger partial charge in [0.05, 0.1) is 26.3 Å². The third-order valence-corrected chi connectivity index (χ3v) is 9.36. The Kier molecular flexibility index (Phi) is 15.6. The number of nitrogens with one attached hydrogen (secondary N) is 2. The number of aliphatic hydroxyl groups is 1. The van der Waals surface area contributed by atoms with Gasteiger partial charge in [-0.3, -0.25) is 9.59 Å². The Morgan fingerprint density at radius 1 is 0.649 bits per heavy atom. The first-order chi connectivity index (χ1) is 27.2. The highest BCUT2D eigenvalue weighted by Crippen LogP contribution is 2.31. The minimum Gasteiger partial charge on any atom is -0.452 e. The Hall–Kier alpha value is -5.96. The second-order valence-corrected chi connectivity index (χ2v) is 14.1. The molecule has 0 spiro atoms. The highest BCUT2D eigenvalue weighted by atomic mass is 19.3. The van der Waals surface area contributed by atoms with Crippen LogP contribution in [0, 0.1) is 11.8 Å². The molecule has 0 saturated heterocycles. The summed E-state index contributed by atoms with van der Waals surface area (Å²) in [6.45, 7) is 6.61. The Balaban J connectivity index is 1.77. The van der Waals surface area contributed by atoms with Gasteiger partial charge in [0.1, 0.15) is 29.8 Å². The van der Waals surface area contributed by atoms with Crippen LogP contribution in [-0.4, -0.2) is 89.5 Å². The molecule has 2 aromatic carbocycles. The van der Waals surface area contributed by atoms with Gasteiger partial charge in [-0.15, -0.1) is 0 Å². The Morgan fingerprint density at radius 2 is 1.05 bits per heavy atom. The van der Waals surface area contributed by atoms with Gasteiger partial charge >= 0.3 is 12.2 Å². The van der Waals surface area contributed by atoms with Gasteiger partial charge in [-0.1, -0.05) is 100 Å². The average molecular weight is 789 g/mol. The highest BCUT2D eigenvalue weighted by Gasteiger charge is 2.52. The van der Waals surface area contributed by atoms with Gasteiger partial charge < -0.3 is 25.2 Å². The van der Waals surface area contributed by atoms with E-state index in [4.69, 9.17) is 9.47 Å². The molecule has 0 radical (unpaired) electrons. The van der Waals surface area contributed by atoms with Gasteiger partial charge in [0.2, 0.25) is 11.8 Å². The lowest BCUT2D eigenvalue weighted by Crippen LogP contribution is -2.65. The van der Waals surface area contributed by atoms with E-state index in [1.54, 1.807) is 113 Å². The Bertz CT molecular complexity index is 1890. The van der Waals surface area contributed by atoms with Gasteiger partial charge in [-0.05, 0) is 60.1 Å². The molecule has 2 aromatic heterocycles. The predicted octanol–water partition coefficient (Wildman–Crippen LogP) is 5.82. The van der Waals surface area contributed by atoms with Gasteiger partial charge in [0.25, 0.3) is 5.92 Å². The fourth-order valence-electron chi connectivity index (χ4n) is 6.57. The van der Waals surface area contributed by atoms with Crippen LogP contribution in [0.3, 0.4) is 0 Å². The van der Waals surface area contributed by atoms with Crippen LogP contribution in [0.25, 0.3) is 0 Å². The summed E-state index contributed by atoms with van der Waals surface area (Å²) in [5, 5.41) is 16.9. The molecule has 0 aliphatic carbocycles. The number of pyridine rings is 2. The molecule has 304 valence electrons. The first-order valence-electron chi connectivity index (χ1n) is 18.5. The van der Waals surface area contributed by atoms with Crippen LogP contribution >= 0.6 is 0 Å². The molecule has 0 bridgehead atoms. The number of rotatable bonds is 17. The van der Waals surface area contributed by atoms with E-state index in [-0.39, 0.29) is 18.1 Å². The van der Waals surface area contributed by atoms with Crippen LogP contribution in [0.1, 0.15) is 38.8 Å². The first kappa shape index (κ1) is 43.8. The largest absolute Gasteiger partial charge is 0.452 e. The number of ether oxygens (including phenoxy) is 2. The van der Waals surface area contributed by atoms with Crippen molar-refractivity contribution in [1.82, 2.24) is 20.6 Å². The topological polar surface area (TPSA) is 163 Å². The van der Waals surface area contributed by atoms with Crippen LogP contribution in [0.15, 0.2) is 109 Å². The maximum absolute atomic E-state index is 17.3. The number of carbonyl (C=O) groups is 4. The zero-order valence-corrected chi connectivity index (χ0v) is 32.8. The number of amides is 4. The van der Waals surface area contributed by atoms with Crippen molar-refractivity contribution in [2.75, 3.05) is 24.0 Å². The van der Waals surface area contributed by atoms with Gasteiger partial charge in [-0.25, -0.2) is 38.1 Å². The van der Waals surface area contributed by atoms with E-state index >= 15 is 8.78 Å². The summed E-state index contributed by atoms with van der Waals surface area (Å²) < 4.78 is 44.5. The lowest BCUT2D eigenvalue weighted by atomic mass is 9.89. The number of halogens is 2. The molecule has 4 rings (SSSR count). The molecule has 0 saturated carbocycles. The summed E-state index contributed by atoms with van der Waals surface area (Å²) in [5.41, 5.74) is 0.929. The van der Waals surface area contributed by atoms with E-state index in [0.29, 0.717) is 11.1 Å². The van der Waals surface area contributed by atoms with Crippen molar-refractivity contribution >= 4 is 35.6 Å². The number of methoxy groups -OCH3 is 2. The summed E-state index contributed by atoms with van der Waals surface area (Å²) in [4.78, 5) is 65.3. The van der Waals surface area contributed by atoms with Crippen molar-refractivity contribution in [3.8, 4) is 0 Å². The molecule has 0 fully saturated rings. The van der Waals surface area contributed by atoms with Crippen molar-refractivity contribution in [3.05, 3.63) is 121 Å². The van der Waals surface area contributed by atoms with E-state index in [2.05, 4.69) is 20.6 Å². The lowest BCUT2D eigenvalue weighted by molar-refractivity contribution is -0.154. The number of hydrogen-bond acceptors (Lipinski definition) is 9. The number of benzene rings is 2. The van der Waals surface area contributed by atoms with Gasteiger partial charge in [0.15, 0.2) is 0 Å². The van der Waals surface area contributed by atoms with E-state index in [9.17, 15) is 24.3 Å². The van der Waals surface area contributed by atoms with Crippen LogP contribution < -0.4 is 20.4 Å². The third-order valence-electron chi connectivity index (χ3n) is 9.36. The number of alkyl halides is 2. The molecular weight excluding hydrogens is 738 g/mol. The number of aromatic nitrogens is 2. The smallest absolute Gasteiger partial charge is 0.415 e. The SMILES string of the molecule is COC(=O)N(c1ccccn1)[C@H](C(=O)NC(Cc1ccccc1)C(O)C(F)(F)C(Cc1ccccc1)NC(=O)[C@H](C(C)C)N(C(=O)OC)c1ccccn1)C(C)C. The van der Waals surface area contributed by atoms with Crippen LogP contribution in [0.4, 0.5) is 30.0 Å². The molecule has 4 amide bonds. The zero-order valence-electron chi connectivity index (χ0n) is 32.8. The summed E-state index contributed by atoms with van der Waals surface area (Å²) in [5.74, 6) is -7.02. The van der Waals surface area contributed by atoms with Crippen molar-refractivity contribution in [1.29, 1.82) is 0 Å². The first-order valence-corrected chi connectivity index (χ1v) is 18.5. The molecule has 5 atom stereocenters. The number of hydrogen-bond donors (Lipinski definition) is 3. The standard InChI is InChI=1S/C42H50F2N6O7/c1-27(2)35(49(40(54)56-5)33-21-13-15-23-45-33)38(52)47-31(25-29-17-9-7-10-18-29)37(51)42(43,44)32(26-30-19-11-8-12-20-30)48-39(53)36(28(3)4)50(41(55)57-6)34-22-14-16-24-46-34/h7-24,27-28,31-32,35-37,51H,25-26H2,1-6H3,(H,47,52)(H,48,53)/t31?,32?,35-,36-,37?/m0/s1. The Morgan fingerprint density at radius 3 is 1.44 bits per heavy atom. The van der Waals surface area contributed by atoms with E-state index in [1.807, 2.05) is 0 Å². The van der Waals surface area contributed by atoms with Crippen molar-refractivity contribution in [2.24, 2.45) is 11.8 Å². The van der Waals surface area contributed by atoms with E-state index < -0.39 is 78.5 Å². The van der Waals surface area contributed by atoms with E-state index in [0.717, 1.165) is 24.0 Å². The number of nitrogens with zero attached hydrogens (tertiary/aromatic N) is 4. The lowest BCUT2D eigenvalue weighted by Gasteiger charge is -2.39. The van der Waals surface area contributed by atoms with Crippen LogP contribution in [0.5, 0.6) is 0 Å². The maximum atomic E-state index is 17.3. The van der Waals surface area contributed by atoms with Crippen molar-refractivity contribution in [2.45, 2.75) is 76.7 Å². The average Bonchev–Trinajstić information content (AvgIpc) is 3.21. The summed E-state index contributed by atoms with van der Waals surface area (Å²) >= 11 is 0. The monoisotopic (exact) mass is 788 g/mol. The number of aliphatic hydroxyl groups excluding tert-OH is 1.